The van der Waals surface area contributed by atoms with Crippen LogP contribution in [-0.2, 0) is 7.05 Å². The molecule has 0 saturated heterocycles. The Hall–Kier alpha value is -5.01. The van der Waals surface area contributed by atoms with Crippen molar-refractivity contribution in [2.45, 2.75) is 0 Å². The summed E-state index contributed by atoms with van der Waals surface area (Å²) in [5, 5.41) is 3.31. The summed E-state index contributed by atoms with van der Waals surface area (Å²) in [4.78, 5) is 14.4. The average molecular weight is 461 g/mol. The first-order valence-electron chi connectivity index (χ1n) is 11.8. The van der Waals surface area contributed by atoms with Crippen molar-refractivity contribution in [1.29, 1.82) is 0 Å². The van der Waals surface area contributed by atoms with Crippen LogP contribution in [0.4, 0.5) is 5.69 Å². The Morgan fingerprint density at radius 3 is 2.64 bits per heavy atom. The van der Waals surface area contributed by atoms with Crippen LogP contribution in [-0.4, -0.2) is 20.7 Å². The van der Waals surface area contributed by atoms with Crippen molar-refractivity contribution in [3.8, 4) is 11.4 Å². The van der Waals surface area contributed by atoms with Crippen molar-refractivity contribution in [3.63, 3.8) is 0 Å². The van der Waals surface area contributed by atoms with Crippen molar-refractivity contribution in [2.24, 2.45) is 12.0 Å². The lowest BCUT2D eigenvalue weighted by Gasteiger charge is -2.09. The van der Waals surface area contributed by atoms with Crippen LogP contribution in [0.25, 0.3) is 56.8 Å². The number of aryl methyl sites for hydroxylation is 1. The van der Waals surface area contributed by atoms with Crippen LogP contribution in [0.3, 0.4) is 0 Å². The van der Waals surface area contributed by atoms with Crippen molar-refractivity contribution >= 4 is 57.3 Å². The highest BCUT2D eigenvalue weighted by Gasteiger charge is 2.20. The maximum atomic E-state index is 5.11. The van der Waals surface area contributed by atoms with Crippen molar-refractivity contribution < 1.29 is 0 Å². The fraction of sp³-hybridized carbons (Fsp3) is 0.0312. The summed E-state index contributed by atoms with van der Waals surface area (Å²) < 4.78 is 2.16. The zero-order valence-electron chi connectivity index (χ0n) is 19.6. The van der Waals surface area contributed by atoms with Crippen LogP contribution in [0.2, 0.25) is 0 Å². The second kappa shape index (κ2) is 8.04. The maximum Gasteiger partial charge on any atom is 0.140 e. The number of allylic oxidation sites excluding steroid dienone is 4. The highest BCUT2D eigenvalue weighted by molar-refractivity contribution is 6.14. The third-order valence-electron chi connectivity index (χ3n) is 6.74. The first-order chi connectivity index (χ1) is 17.8. The molecular weight excluding hydrogens is 440 g/mol. The highest BCUT2D eigenvalue weighted by Crippen LogP contribution is 2.39. The molecule has 4 heteroatoms. The molecule has 36 heavy (non-hydrogen) atoms. The quantitative estimate of drug-likeness (QED) is 0.327. The van der Waals surface area contributed by atoms with E-state index < -0.39 is 0 Å². The minimum absolute atomic E-state index is 0.834. The molecule has 0 amide bonds. The van der Waals surface area contributed by atoms with Crippen LogP contribution in [0.5, 0.6) is 0 Å². The number of fused-ring (bicyclic) bond motifs is 7. The van der Waals surface area contributed by atoms with Gasteiger partial charge in [-0.15, -0.1) is 11.5 Å². The normalized spacial score (nSPS) is 13.5. The predicted octanol–water partition coefficient (Wildman–Crippen LogP) is 5.49. The topological polar surface area (TPSA) is 43.1 Å². The molecule has 0 saturated carbocycles. The Morgan fingerprint density at radius 1 is 0.861 bits per heavy atom. The Morgan fingerprint density at radius 2 is 1.72 bits per heavy atom. The van der Waals surface area contributed by atoms with Crippen LogP contribution < -0.4 is 10.4 Å². The van der Waals surface area contributed by atoms with E-state index in [1.54, 1.807) is 6.21 Å². The van der Waals surface area contributed by atoms with E-state index in [1.807, 2.05) is 36.6 Å². The highest BCUT2D eigenvalue weighted by atomic mass is 15.1. The van der Waals surface area contributed by atoms with Gasteiger partial charge in [0, 0.05) is 41.2 Å². The Labute approximate surface area is 207 Å². The second-order valence-corrected chi connectivity index (χ2v) is 8.85. The number of pyridine rings is 1. The fourth-order valence-electron chi connectivity index (χ4n) is 5.01. The summed E-state index contributed by atoms with van der Waals surface area (Å²) in [6, 6.07) is 21.0. The van der Waals surface area contributed by atoms with Gasteiger partial charge in [-0.2, -0.15) is 0 Å². The molecule has 3 aromatic carbocycles. The van der Waals surface area contributed by atoms with Crippen LogP contribution in [0.15, 0.2) is 95.8 Å². The molecule has 1 aliphatic carbocycles. The molecule has 5 aromatic rings. The van der Waals surface area contributed by atoms with E-state index in [0.717, 1.165) is 60.9 Å². The SMILES string of the molecule is Cn1c(-c2ccc(C3=CC=C=c4ccccc4=C3)cc2)nc2c3c(c4ncccc4c21)N=CC=C=C3. The summed E-state index contributed by atoms with van der Waals surface area (Å²) in [5.74, 6) is 0.901. The lowest BCUT2D eigenvalue weighted by Crippen LogP contribution is -2.22. The maximum absolute atomic E-state index is 5.11. The summed E-state index contributed by atoms with van der Waals surface area (Å²) in [6.07, 6.45) is 13.7. The number of nitrogens with zero attached hydrogens (tertiary/aromatic N) is 4. The van der Waals surface area contributed by atoms with E-state index in [2.05, 4.69) is 93.7 Å². The number of benzene rings is 3. The molecular formula is C32H20N4. The number of hydrogen-bond donors (Lipinski definition) is 0. The van der Waals surface area contributed by atoms with E-state index in [0.29, 0.717) is 0 Å². The molecule has 0 unspecified atom stereocenters. The van der Waals surface area contributed by atoms with E-state index >= 15 is 0 Å². The third kappa shape index (κ3) is 3.14. The van der Waals surface area contributed by atoms with Crippen molar-refractivity contribution in [2.75, 3.05) is 0 Å². The first-order valence-corrected chi connectivity index (χ1v) is 11.8. The molecule has 0 radical (unpaired) electrons. The molecule has 2 aliphatic rings. The van der Waals surface area contributed by atoms with Crippen LogP contribution >= 0.6 is 0 Å². The zero-order valence-corrected chi connectivity index (χ0v) is 19.6. The van der Waals surface area contributed by atoms with E-state index in [1.165, 1.54) is 5.22 Å². The third-order valence-corrected chi connectivity index (χ3v) is 6.74. The summed E-state index contributed by atoms with van der Waals surface area (Å²) in [6.45, 7) is 0. The number of imidazole rings is 1. The Bertz CT molecular complexity index is 2010. The van der Waals surface area contributed by atoms with Gasteiger partial charge in [0.15, 0.2) is 0 Å². The van der Waals surface area contributed by atoms with E-state index in [4.69, 9.17) is 4.98 Å². The van der Waals surface area contributed by atoms with E-state index in [9.17, 15) is 0 Å². The monoisotopic (exact) mass is 460 g/mol. The van der Waals surface area contributed by atoms with Gasteiger partial charge in [-0.1, -0.05) is 42.5 Å². The molecule has 7 rings (SSSR count). The molecule has 0 atom stereocenters. The van der Waals surface area contributed by atoms with Gasteiger partial charge in [0.2, 0.25) is 0 Å². The molecule has 1 aliphatic heterocycles. The smallest absolute Gasteiger partial charge is 0.140 e. The van der Waals surface area contributed by atoms with Gasteiger partial charge >= 0.3 is 0 Å². The molecule has 4 nitrogen and oxygen atoms in total. The summed E-state index contributed by atoms with van der Waals surface area (Å²) in [5.41, 5.74) is 14.5. The van der Waals surface area contributed by atoms with Gasteiger partial charge < -0.3 is 4.57 Å². The minimum Gasteiger partial charge on any atom is -0.327 e. The van der Waals surface area contributed by atoms with Crippen LogP contribution in [0, 0.1) is 0 Å². The number of aliphatic imine (C=N–C) groups is 1. The van der Waals surface area contributed by atoms with Crippen LogP contribution in [0.1, 0.15) is 11.1 Å². The molecule has 0 spiro atoms. The van der Waals surface area contributed by atoms with Crippen molar-refractivity contribution in [1.82, 2.24) is 14.5 Å². The fourth-order valence-corrected chi connectivity index (χ4v) is 5.01. The second-order valence-electron chi connectivity index (χ2n) is 8.85. The van der Waals surface area contributed by atoms with Gasteiger partial charge in [-0.05, 0) is 64.9 Å². The summed E-state index contributed by atoms with van der Waals surface area (Å²) in [7, 11) is 2.07. The largest absolute Gasteiger partial charge is 0.327 e. The molecule has 0 N–H and O–H groups in total. The molecule has 0 fully saturated rings. The average Bonchev–Trinajstić information content (AvgIpc) is 3.09. The molecule has 168 valence electrons. The van der Waals surface area contributed by atoms with Gasteiger partial charge in [0.1, 0.15) is 5.82 Å². The molecule has 0 bridgehead atoms. The number of aromatic nitrogens is 3. The van der Waals surface area contributed by atoms with E-state index in [-0.39, 0.29) is 0 Å². The van der Waals surface area contributed by atoms with Gasteiger partial charge in [0.05, 0.1) is 22.2 Å². The summed E-state index contributed by atoms with van der Waals surface area (Å²) >= 11 is 0. The molecule has 3 heterocycles. The van der Waals surface area contributed by atoms with Crippen molar-refractivity contribution in [3.05, 3.63) is 112 Å². The number of rotatable bonds is 2. The standard InChI is InChI=1S/C32H20N4/c1-36-31-27-13-7-19-34-29(27)28-26(12-4-5-18-33-28)30(31)35-32(36)23-16-14-22(15-17-23)25-11-6-10-21-8-2-3-9-24(21)20-25/h2-3,5-9,11-20H,1H3. The van der Waals surface area contributed by atoms with Gasteiger partial charge in [-0.25, -0.2) is 4.98 Å². The lowest BCUT2D eigenvalue weighted by atomic mass is 10.0. The minimum atomic E-state index is 0.834. The Kier molecular flexibility index (Phi) is 4.55. The molecule has 2 aromatic heterocycles. The Balaban J connectivity index is 1.39. The predicted molar refractivity (Wildman–Crippen MR) is 148 cm³/mol. The first kappa shape index (κ1) is 20.4. The lowest BCUT2D eigenvalue weighted by molar-refractivity contribution is 0.962. The van der Waals surface area contributed by atoms with Gasteiger partial charge in [-0.3, -0.25) is 9.98 Å². The van der Waals surface area contributed by atoms with Gasteiger partial charge in [0.25, 0.3) is 0 Å². The zero-order chi connectivity index (χ0) is 24.1. The number of hydrogen-bond acceptors (Lipinski definition) is 3.